The Kier molecular flexibility index (Phi) is 5.61. The molecule has 0 bridgehead atoms. The smallest absolute Gasteiger partial charge is 0.364 e. The summed E-state index contributed by atoms with van der Waals surface area (Å²) in [4.78, 5) is 22.1. The number of aliphatic carboxylic acids is 1. The zero-order chi connectivity index (χ0) is 16.4. The maximum Gasteiger partial charge on any atom is 0.364 e. The van der Waals surface area contributed by atoms with Crippen LogP contribution < -0.4 is 5.32 Å². The number of carboxylic acid groups (broad SMARTS) is 1. The number of carbonyl (C=O) groups is 2. The number of ether oxygens (including phenoxy) is 1. The number of nitrogens with one attached hydrogen (secondary N) is 1. The molecule has 0 aromatic carbocycles. The summed E-state index contributed by atoms with van der Waals surface area (Å²) in [6, 6.07) is -1.27. The molecule has 1 unspecified atom stereocenters. The van der Waals surface area contributed by atoms with E-state index in [1.165, 1.54) is 0 Å². The van der Waals surface area contributed by atoms with Crippen molar-refractivity contribution in [1.29, 1.82) is 0 Å². The van der Waals surface area contributed by atoms with Crippen LogP contribution in [-0.2, 0) is 14.3 Å². The summed E-state index contributed by atoms with van der Waals surface area (Å²) in [5, 5.41) is 59.0. The van der Waals surface area contributed by atoms with Gasteiger partial charge < -0.3 is 40.7 Å². The number of aliphatic hydroxyl groups excluding tert-OH is 4. The lowest BCUT2D eigenvalue weighted by molar-refractivity contribution is -0.295. The number of amides is 1. The zero-order valence-electron chi connectivity index (χ0n) is 11.2. The van der Waals surface area contributed by atoms with Crippen molar-refractivity contribution in [1.82, 2.24) is 5.32 Å². The molecule has 0 aliphatic carbocycles. The predicted octanol–water partition coefficient (Wildman–Crippen LogP) is -3.87. The molecule has 0 saturated carbocycles. The zero-order valence-corrected chi connectivity index (χ0v) is 11.2. The van der Waals surface area contributed by atoms with Crippen LogP contribution in [0.25, 0.3) is 0 Å². The molecular weight excluding hydrogens is 290 g/mol. The maximum atomic E-state index is 11.1. The lowest BCUT2D eigenvalue weighted by Crippen LogP contribution is -2.67. The highest BCUT2D eigenvalue weighted by atomic mass is 16.7. The van der Waals surface area contributed by atoms with Gasteiger partial charge >= 0.3 is 5.97 Å². The third-order valence-electron chi connectivity index (χ3n) is 3.21. The van der Waals surface area contributed by atoms with Crippen molar-refractivity contribution in [3.05, 3.63) is 0 Å². The largest absolute Gasteiger partial charge is 0.477 e. The van der Waals surface area contributed by atoms with Crippen LogP contribution in [0.4, 0.5) is 0 Å². The van der Waals surface area contributed by atoms with Crippen molar-refractivity contribution >= 4 is 11.9 Å². The molecule has 1 amide bonds. The monoisotopic (exact) mass is 309 g/mol. The summed E-state index contributed by atoms with van der Waals surface area (Å²) >= 11 is 0. The molecule has 10 heteroatoms. The van der Waals surface area contributed by atoms with E-state index in [1.807, 2.05) is 0 Å². The first kappa shape index (κ1) is 17.8. The fourth-order valence-corrected chi connectivity index (χ4v) is 2.14. The van der Waals surface area contributed by atoms with E-state index in [1.54, 1.807) is 0 Å². The number of hydrogen-bond donors (Lipinski definition) is 7. The van der Waals surface area contributed by atoms with Crippen molar-refractivity contribution in [2.75, 3.05) is 6.61 Å². The van der Waals surface area contributed by atoms with E-state index in [4.69, 9.17) is 14.9 Å². The minimum atomic E-state index is -2.78. The van der Waals surface area contributed by atoms with E-state index in [0.717, 1.165) is 6.92 Å². The summed E-state index contributed by atoms with van der Waals surface area (Å²) in [5.41, 5.74) is 0. The Hall–Kier alpha value is -1.30. The van der Waals surface area contributed by atoms with Gasteiger partial charge in [-0.2, -0.15) is 0 Å². The lowest BCUT2D eigenvalue weighted by atomic mass is 9.88. The highest BCUT2D eigenvalue weighted by Crippen LogP contribution is 2.30. The van der Waals surface area contributed by atoms with Crippen LogP contribution >= 0.6 is 0 Å². The standard InChI is InChI=1S/C11H19NO9/c1-4(14)12-7-5(15)2-11(20,10(18)19)21-9(7)8(17)6(16)3-13/h5-9,13,15-17,20H,2-3H2,1H3,(H,12,14)(H,18,19)/t5-,6+,7-,8+,9+,11?/m0/s1. The predicted molar refractivity (Wildman–Crippen MR) is 64.8 cm³/mol. The third-order valence-corrected chi connectivity index (χ3v) is 3.21. The highest BCUT2D eigenvalue weighted by Gasteiger charge is 2.53. The average Bonchev–Trinajstić information content (AvgIpc) is 2.39. The van der Waals surface area contributed by atoms with Crippen LogP contribution in [-0.4, -0.2) is 85.4 Å². The van der Waals surface area contributed by atoms with Gasteiger partial charge in [-0.05, 0) is 0 Å². The molecule has 0 aromatic rings. The van der Waals surface area contributed by atoms with Crippen molar-refractivity contribution in [3.63, 3.8) is 0 Å². The van der Waals surface area contributed by atoms with Crippen molar-refractivity contribution < 1.29 is 45.0 Å². The topological polar surface area (TPSA) is 177 Å². The molecule has 122 valence electrons. The SMILES string of the molecule is CC(=O)N[C@@H]1[C@H]([C@H](O)[C@H](O)CO)OC(O)(C(=O)O)C[C@@H]1O. The van der Waals surface area contributed by atoms with Crippen LogP contribution in [0.15, 0.2) is 0 Å². The fraction of sp³-hybridized carbons (Fsp3) is 0.818. The summed E-state index contributed by atoms with van der Waals surface area (Å²) in [6.45, 7) is 0.256. The number of aliphatic hydroxyl groups is 5. The van der Waals surface area contributed by atoms with E-state index >= 15 is 0 Å². The summed E-state index contributed by atoms with van der Waals surface area (Å²) in [5.74, 6) is -5.17. The minimum Gasteiger partial charge on any atom is -0.477 e. The molecule has 1 aliphatic rings. The van der Waals surface area contributed by atoms with Crippen LogP contribution in [0.5, 0.6) is 0 Å². The Labute approximate surface area is 119 Å². The molecule has 1 fully saturated rings. The molecular formula is C11H19NO9. The number of carboxylic acids is 1. The van der Waals surface area contributed by atoms with Gasteiger partial charge in [-0.3, -0.25) is 4.79 Å². The Bertz CT molecular complexity index is 403. The highest BCUT2D eigenvalue weighted by molar-refractivity contribution is 5.76. The molecule has 6 atom stereocenters. The first-order chi connectivity index (χ1) is 9.62. The third kappa shape index (κ3) is 3.87. The van der Waals surface area contributed by atoms with Crippen molar-refractivity contribution in [2.24, 2.45) is 0 Å². The summed E-state index contributed by atoms with van der Waals surface area (Å²) in [6.07, 6.45) is -7.48. The average molecular weight is 309 g/mol. The number of carbonyl (C=O) groups excluding carboxylic acids is 1. The second kappa shape index (κ2) is 6.64. The lowest BCUT2D eigenvalue weighted by Gasteiger charge is -2.44. The second-order valence-electron chi connectivity index (χ2n) is 4.91. The molecule has 21 heavy (non-hydrogen) atoms. The van der Waals surface area contributed by atoms with Gasteiger partial charge in [0.2, 0.25) is 5.91 Å². The number of hydrogen-bond acceptors (Lipinski definition) is 8. The van der Waals surface area contributed by atoms with Crippen molar-refractivity contribution in [3.8, 4) is 0 Å². The molecule has 0 aromatic heterocycles. The Morgan fingerprint density at radius 3 is 2.43 bits per heavy atom. The Morgan fingerprint density at radius 2 is 2.00 bits per heavy atom. The van der Waals surface area contributed by atoms with Gasteiger partial charge in [-0.1, -0.05) is 0 Å². The maximum absolute atomic E-state index is 11.1. The van der Waals surface area contributed by atoms with Gasteiger partial charge in [0, 0.05) is 13.3 Å². The second-order valence-corrected chi connectivity index (χ2v) is 4.91. The summed E-state index contributed by atoms with van der Waals surface area (Å²) < 4.78 is 4.86. The quantitative estimate of drug-likeness (QED) is 0.268. The van der Waals surface area contributed by atoms with Crippen LogP contribution in [0.3, 0.4) is 0 Å². The molecule has 0 spiro atoms. The van der Waals surface area contributed by atoms with Gasteiger partial charge in [0.05, 0.1) is 18.8 Å². The van der Waals surface area contributed by atoms with Crippen LogP contribution in [0.1, 0.15) is 13.3 Å². The van der Waals surface area contributed by atoms with Crippen molar-refractivity contribution in [2.45, 2.75) is 49.6 Å². The molecule has 1 aliphatic heterocycles. The van der Waals surface area contributed by atoms with E-state index < -0.39 is 61.1 Å². The van der Waals surface area contributed by atoms with Gasteiger partial charge in [-0.15, -0.1) is 0 Å². The van der Waals surface area contributed by atoms with Crippen LogP contribution in [0, 0.1) is 0 Å². The first-order valence-electron chi connectivity index (χ1n) is 6.18. The van der Waals surface area contributed by atoms with Gasteiger partial charge in [0.15, 0.2) is 0 Å². The van der Waals surface area contributed by atoms with Gasteiger partial charge in [0.25, 0.3) is 5.79 Å². The van der Waals surface area contributed by atoms with E-state index in [0.29, 0.717) is 0 Å². The van der Waals surface area contributed by atoms with E-state index in [2.05, 4.69) is 5.32 Å². The molecule has 0 radical (unpaired) electrons. The molecule has 1 heterocycles. The minimum absolute atomic E-state index is 0.598. The normalized spacial score (nSPS) is 35.8. The summed E-state index contributed by atoms with van der Waals surface area (Å²) in [7, 11) is 0. The van der Waals surface area contributed by atoms with Crippen LogP contribution in [0.2, 0.25) is 0 Å². The first-order valence-corrected chi connectivity index (χ1v) is 6.18. The molecule has 7 N–H and O–H groups in total. The molecule has 1 rings (SSSR count). The van der Waals surface area contributed by atoms with E-state index in [9.17, 15) is 30.0 Å². The fourth-order valence-electron chi connectivity index (χ4n) is 2.14. The van der Waals surface area contributed by atoms with Gasteiger partial charge in [0.1, 0.15) is 18.3 Å². The number of rotatable bonds is 5. The molecule has 10 nitrogen and oxygen atoms in total. The Morgan fingerprint density at radius 1 is 1.43 bits per heavy atom. The Balaban J connectivity index is 3.07. The van der Waals surface area contributed by atoms with E-state index in [-0.39, 0.29) is 0 Å². The molecule has 1 saturated heterocycles. The van der Waals surface area contributed by atoms with Gasteiger partial charge in [-0.25, -0.2) is 4.79 Å².